The molecule has 0 amide bonds. The number of hydrogen-bond donors (Lipinski definition) is 1. The molecule has 0 aliphatic carbocycles. The maximum atomic E-state index is 9.01. The van der Waals surface area contributed by atoms with Gasteiger partial charge in [0.05, 0.1) is 6.61 Å². The highest BCUT2D eigenvalue weighted by molar-refractivity contribution is 8.60. The first-order chi connectivity index (χ1) is 7.27. The van der Waals surface area contributed by atoms with E-state index in [1.54, 1.807) is 0 Å². The first-order valence-corrected chi connectivity index (χ1v) is 11.2. The minimum atomic E-state index is -0.191. The standard InChI is InChI=1S/C9H17NOP4/c11-7-6-10(15(13)14-12)8-9-4-2-1-3-5-9/h1-5,11,14H,6-8,12-13H2. The van der Waals surface area contributed by atoms with Gasteiger partial charge in [-0.25, -0.2) is 0 Å². The van der Waals surface area contributed by atoms with Gasteiger partial charge in [0, 0.05) is 20.5 Å². The van der Waals surface area contributed by atoms with Gasteiger partial charge >= 0.3 is 0 Å². The van der Waals surface area contributed by atoms with Crippen LogP contribution in [0, 0.1) is 0 Å². The summed E-state index contributed by atoms with van der Waals surface area (Å²) in [5.41, 5.74) is 1.31. The molecule has 0 aliphatic rings. The maximum absolute atomic E-state index is 9.01. The number of rotatable bonds is 6. The van der Waals surface area contributed by atoms with Gasteiger partial charge < -0.3 is 5.11 Å². The van der Waals surface area contributed by atoms with Crippen molar-refractivity contribution in [3.63, 3.8) is 0 Å². The van der Waals surface area contributed by atoms with Gasteiger partial charge in [0.1, 0.15) is 0 Å². The van der Waals surface area contributed by atoms with Gasteiger partial charge in [-0.2, -0.15) is 0 Å². The lowest BCUT2D eigenvalue weighted by atomic mass is 10.2. The fraction of sp³-hybridized carbons (Fsp3) is 0.333. The van der Waals surface area contributed by atoms with E-state index in [0.717, 1.165) is 21.0 Å². The molecule has 1 aromatic rings. The summed E-state index contributed by atoms with van der Waals surface area (Å²) in [6, 6.07) is 10.4. The fourth-order valence-electron chi connectivity index (χ4n) is 1.25. The van der Waals surface area contributed by atoms with Crippen LogP contribution in [0.15, 0.2) is 30.3 Å². The zero-order valence-electron chi connectivity index (χ0n) is 8.50. The Bertz CT molecular complexity index is 272. The van der Waals surface area contributed by atoms with E-state index in [1.165, 1.54) is 5.56 Å². The first-order valence-electron chi connectivity index (χ1n) is 4.68. The summed E-state index contributed by atoms with van der Waals surface area (Å²) in [4.78, 5) is 0. The molecule has 2 nitrogen and oxygen atoms in total. The van der Waals surface area contributed by atoms with Crippen molar-refractivity contribution in [3.05, 3.63) is 35.9 Å². The van der Waals surface area contributed by atoms with Crippen molar-refractivity contribution in [1.82, 2.24) is 4.67 Å². The average Bonchev–Trinajstić information content (AvgIpc) is 2.29. The number of aliphatic hydroxyl groups excluding tert-OH is 1. The highest BCUT2D eigenvalue weighted by Gasteiger charge is 2.11. The summed E-state index contributed by atoms with van der Waals surface area (Å²) in [6.45, 7) is 1.92. The quantitative estimate of drug-likeness (QED) is 0.809. The van der Waals surface area contributed by atoms with Crippen molar-refractivity contribution in [3.8, 4) is 0 Å². The molecule has 1 N–H and O–H groups in total. The predicted octanol–water partition coefficient (Wildman–Crippen LogP) is 3.05. The van der Waals surface area contributed by atoms with Crippen LogP contribution in [0.1, 0.15) is 5.56 Å². The molecular formula is C9H17NOP4. The molecular weight excluding hydrogens is 262 g/mol. The van der Waals surface area contributed by atoms with Crippen LogP contribution in [0.2, 0.25) is 0 Å². The monoisotopic (exact) mass is 279 g/mol. The maximum Gasteiger partial charge on any atom is 0.0562 e. The molecule has 0 saturated heterocycles. The van der Waals surface area contributed by atoms with Crippen molar-refractivity contribution >= 4 is 33.3 Å². The Morgan fingerprint density at radius 1 is 1.33 bits per heavy atom. The van der Waals surface area contributed by atoms with Crippen LogP contribution in [-0.4, -0.2) is 22.9 Å². The second kappa shape index (κ2) is 8.03. The Morgan fingerprint density at radius 2 is 2.00 bits per heavy atom. The van der Waals surface area contributed by atoms with Crippen LogP contribution in [0.3, 0.4) is 0 Å². The molecule has 0 aliphatic heterocycles. The normalized spacial score (nSPS) is 13.9. The van der Waals surface area contributed by atoms with E-state index in [0.29, 0.717) is 0 Å². The fourth-order valence-corrected chi connectivity index (χ4v) is 5.10. The van der Waals surface area contributed by atoms with Crippen LogP contribution >= 0.6 is 33.3 Å². The lowest BCUT2D eigenvalue weighted by Crippen LogP contribution is -2.18. The van der Waals surface area contributed by atoms with Crippen molar-refractivity contribution < 1.29 is 5.11 Å². The van der Waals surface area contributed by atoms with E-state index in [9.17, 15) is 0 Å². The molecule has 0 fully saturated rings. The first kappa shape index (κ1) is 13.9. The van der Waals surface area contributed by atoms with Crippen LogP contribution in [0.4, 0.5) is 0 Å². The van der Waals surface area contributed by atoms with Gasteiger partial charge in [0.2, 0.25) is 0 Å². The predicted molar refractivity (Wildman–Crippen MR) is 78.6 cm³/mol. The minimum absolute atomic E-state index is 0.191. The number of aliphatic hydroxyl groups is 1. The van der Waals surface area contributed by atoms with Crippen LogP contribution in [0.5, 0.6) is 0 Å². The molecule has 0 spiro atoms. The number of hydrogen-bond acceptors (Lipinski definition) is 2. The highest BCUT2D eigenvalue weighted by atomic mass is 32.6. The Morgan fingerprint density at radius 3 is 2.53 bits per heavy atom. The molecule has 0 radical (unpaired) electrons. The second-order valence-electron chi connectivity index (χ2n) is 3.07. The van der Waals surface area contributed by atoms with E-state index < -0.39 is 0 Å². The third kappa shape index (κ3) is 5.14. The van der Waals surface area contributed by atoms with E-state index in [4.69, 9.17) is 5.11 Å². The molecule has 4 atom stereocenters. The summed E-state index contributed by atoms with van der Waals surface area (Å²) in [5.74, 6) is 0. The lowest BCUT2D eigenvalue weighted by molar-refractivity contribution is 0.258. The van der Waals surface area contributed by atoms with Gasteiger partial charge in [0.15, 0.2) is 0 Å². The third-order valence-corrected chi connectivity index (χ3v) is 12.2. The van der Waals surface area contributed by atoms with E-state index in [2.05, 4.69) is 46.8 Å². The van der Waals surface area contributed by atoms with Crippen LogP contribution < -0.4 is 0 Å². The molecule has 84 valence electrons. The Balaban J connectivity index is 2.58. The molecule has 1 rings (SSSR count). The summed E-state index contributed by atoms with van der Waals surface area (Å²) >= 11 is 0. The Labute approximate surface area is 98.9 Å². The van der Waals surface area contributed by atoms with Crippen LogP contribution in [-0.2, 0) is 6.54 Å². The molecule has 0 aromatic heterocycles. The smallest absolute Gasteiger partial charge is 0.0562 e. The summed E-state index contributed by atoms with van der Waals surface area (Å²) < 4.78 is 2.33. The second-order valence-corrected chi connectivity index (χ2v) is 12.1. The average molecular weight is 279 g/mol. The number of benzene rings is 1. The molecule has 15 heavy (non-hydrogen) atoms. The number of nitrogens with zero attached hydrogens (tertiary/aromatic N) is 1. The van der Waals surface area contributed by atoms with E-state index in [1.807, 2.05) is 6.07 Å². The molecule has 0 heterocycles. The highest BCUT2D eigenvalue weighted by Crippen LogP contribution is 2.68. The third-order valence-electron chi connectivity index (χ3n) is 2.00. The SMILES string of the molecule is OCCN(Cc1ccccc1)P(P)PP. The van der Waals surface area contributed by atoms with E-state index in [-0.39, 0.29) is 14.1 Å². The lowest BCUT2D eigenvalue weighted by Gasteiger charge is -2.27. The van der Waals surface area contributed by atoms with Crippen molar-refractivity contribution in [2.24, 2.45) is 0 Å². The van der Waals surface area contributed by atoms with Gasteiger partial charge in [0.25, 0.3) is 0 Å². The topological polar surface area (TPSA) is 23.5 Å². The molecule has 6 heteroatoms. The van der Waals surface area contributed by atoms with Gasteiger partial charge in [-0.05, 0) is 5.56 Å². The molecule has 4 unspecified atom stereocenters. The van der Waals surface area contributed by atoms with Crippen molar-refractivity contribution in [2.75, 3.05) is 13.2 Å². The zero-order valence-corrected chi connectivity index (χ0v) is 12.7. The zero-order chi connectivity index (χ0) is 11.1. The molecule has 1 aromatic carbocycles. The molecule has 0 bridgehead atoms. The van der Waals surface area contributed by atoms with Crippen molar-refractivity contribution in [2.45, 2.75) is 6.54 Å². The molecule has 0 saturated carbocycles. The van der Waals surface area contributed by atoms with Crippen molar-refractivity contribution in [1.29, 1.82) is 0 Å². The van der Waals surface area contributed by atoms with Gasteiger partial charge in [-0.1, -0.05) is 47.2 Å². The summed E-state index contributed by atoms with van der Waals surface area (Å²) in [5, 5.41) is 9.01. The van der Waals surface area contributed by atoms with Gasteiger partial charge in [-0.3, -0.25) is 4.67 Å². The Kier molecular flexibility index (Phi) is 7.45. The van der Waals surface area contributed by atoms with Crippen LogP contribution in [0.25, 0.3) is 0 Å². The minimum Gasteiger partial charge on any atom is -0.395 e. The van der Waals surface area contributed by atoms with E-state index >= 15 is 0 Å². The largest absolute Gasteiger partial charge is 0.395 e. The van der Waals surface area contributed by atoms with Gasteiger partial charge in [-0.15, -0.1) is 8.93 Å². The summed E-state index contributed by atoms with van der Waals surface area (Å²) in [6.07, 6.45) is 0. The Hall–Kier alpha value is 0.860. The summed E-state index contributed by atoms with van der Waals surface area (Å²) in [7, 11) is 6.32.